The van der Waals surface area contributed by atoms with Crippen molar-refractivity contribution in [2.75, 3.05) is 26.2 Å². The van der Waals surface area contributed by atoms with Crippen molar-refractivity contribution in [3.05, 3.63) is 0 Å². The van der Waals surface area contributed by atoms with Crippen molar-refractivity contribution in [3.8, 4) is 0 Å². The molecule has 1 rings (SSSR count). The molecule has 0 aromatic carbocycles. The Bertz CT molecular complexity index is 228. The monoisotopic (exact) mass is 256 g/mol. The first-order chi connectivity index (χ1) is 8.70. The van der Waals surface area contributed by atoms with Gasteiger partial charge < -0.3 is 10.4 Å². The topological polar surface area (TPSA) is 52.6 Å². The van der Waals surface area contributed by atoms with Crippen molar-refractivity contribution in [1.82, 2.24) is 10.2 Å². The van der Waals surface area contributed by atoms with Crippen LogP contribution >= 0.6 is 0 Å². The van der Waals surface area contributed by atoms with E-state index < -0.39 is 5.97 Å². The molecule has 0 spiro atoms. The van der Waals surface area contributed by atoms with Crippen LogP contribution in [0, 0.1) is 0 Å². The van der Waals surface area contributed by atoms with E-state index in [0.29, 0.717) is 12.5 Å². The molecule has 0 aromatic heterocycles. The molecule has 1 fully saturated rings. The highest BCUT2D eigenvalue weighted by atomic mass is 16.4. The van der Waals surface area contributed by atoms with Gasteiger partial charge in [-0.15, -0.1) is 0 Å². The summed E-state index contributed by atoms with van der Waals surface area (Å²) in [5.41, 5.74) is 0. The highest BCUT2D eigenvalue weighted by Crippen LogP contribution is 2.11. The third-order valence-electron chi connectivity index (χ3n) is 3.70. The Morgan fingerprint density at radius 2 is 1.94 bits per heavy atom. The van der Waals surface area contributed by atoms with Crippen molar-refractivity contribution in [2.24, 2.45) is 0 Å². The van der Waals surface area contributed by atoms with E-state index in [2.05, 4.69) is 17.1 Å². The highest BCUT2D eigenvalue weighted by Gasteiger charge is 2.15. The second-order valence-electron chi connectivity index (χ2n) is 5.35. The fourth-order valence-electron chi connectivity index (χ4n) is 2.50. The van der Waals surface area contributed by atoms with E-state index in [1.54, 1.807) is 0 Å². The van der Waals surface area contributed by atoms with Crippen LogP contribution in [0.3, 0.4) is 0 Å². The molecule has 106 valence electrons. The fourth-order valence-corrected chi connectivity index (χ4v) is 2.50. The van der Waals surface area contributed by atoms with Gasteiger partial charge in [-0.2, -0.15) is 0 Å². The summed E-state index contributed by atoms with van der Waals surface area (Å²) in [6.07, 6.45) is 7.29. The van der Waals surface area contributed by atoms with Crippen LogP contribution in [0.25, 0.3) is 0 Å². The van der Waals surface area contributed by atoms with Crippen molar-refractivity contribution < 1.29 is 9.90 Å². The lowest BCUT2D eigenvalue weighted by molar-refractivity contribution is -0.137. The van der Waals surface area contributed by atoms with Crippen LogP contribution in [0.2, 0.25) is 0 Å². The number of nitrogens with one attached hydrogen (secondary N) is 1. The molecule has 0 amide bonds. The third kappa shape index (κ3) is 6.97. The third-order valence-corrected chi connectivity index (χ3v) is 3.70. The van der Waals surface area contributed by atoms with Gasteiger partial charge >= 0.3 is 5.97 Å². The zero-order valence-corrected chi connectivity index (χ0v) is 11.7. The lowest BCUT2D eigenvalue weighted by atomic mass is 10.1. The first kappa shape index (κ1) is 15.4. The summed E-state index contributed by atoms with van der Waals surface area (Å²) in [4.78, 5) is 12.9. The lowest BCUT2D eigenvalue weighted by Gasteiger charge is -2.32. The maximum absolute atomic E-state index is 10.3. The average molecular weight is 256 g/mol. The number of carboxylic acid groups (broad SMARTS) is 1. The molecule has 0 radical (unpaired) electrons. The van der Waals surface area contributed by atoms with E-state index in [1.807, 2.05) is 0 Å². The molecule has 4 heteroatoms. The van der Waals surface area contributed by atoms with Crippen LogP contribution < -0.4 is 5.32 Å². The van der Waals surface area contributed by atoms with Crippen molar-refractivity contribution in [3.63, 3.8) is 0 Å². The Morgan fingerprint density at radius 1 is 1.22 bits per heavy atom. The number of hydrogen-bond acceptors (Lipinski definition) is 3. The number of carboxylic acids is 1. The Labute approximate surface area is 111 Å². The number of rotatable bonds is 9. The quantitative estimate of drug-likeness (QED) is 0.620. The van der Waals surface area contributed by atoms with E-state index in [4.69, 9.17) is 5.11 Å². The van der Waals surface area contributed by atoms with E-state index in [0.717, 1.165) is 32.4 Å². The van der Waals surface area contributed by atoms with Gasteiger partial charge in [0.15, 0.2) is 0 Å². The normalized spacial score (nSPS) is 18.7. The molecule has 1 aliphatic heterocycles. The highest BCUT2D eigenvalue weighted by molar-refractivity contribution is 5.66. The van der Waals surface area contributed by atoms with Gasteiger partial charge in [0.25, 0.3) is 0 Å². The Balaban J connectivity index is 1.91. The molecule has 0 bridgehead atoms. The lowest BCUT2D eigenvalue weighted by Crippen LogP contribution is -2.43. The molecule has 1 atom stereocenters. The van der Waals surface area contributed by atoms with E-state index in [9.17, 15) is 4.79 Å². The van der Waals surface area contributed by atoms with E-state index in [-0.39, 0.29) is 0 Å². The number of likely N-dealkylation sites (tertiary alicyclic amines) is 1. The molecule has 1 heterocycles. The zero-order valence-electron chi connectivity index (χ0n) is 11.7. The second-order valence-corrected chi connectivity index (χ2v) is 5.35. The number of carbonyl (C=O) groups is 1. The number of hydrogen-bond donors (Lipinski definition) is 2. The second kappa shape index (κ2) is 9.34. The molecular weight excluding hydrogens is 228 g/mol. The van der Waals surface area contributed by atoms with Crippen LogP contribution in [-0.2, 0) is 4.79 Å². The molecule has 1 unspecified atom stereocenters. The maximum Gasteiger partial charge on any atom is 0.303 e. The van der Waals surface area contributed by atoms with Gasteiger partial charge in [0.1, 0.15) is 0 Å². The van der Waals surface area contributed by atoms with Crippen LogP contribution in [0.15, 0.2) is 0 Å². The van der Waals surface area contributed by atoms with Gasteiger partial charge in [-0.25, -0.2) is 0 Å². The predicted molar refractivity (Wildman–Crippen MR) is 73.9 cm³/mol. The molecule has 1 saturated heterocycles. The summed E-state index contributed by atoms with van der Waals surface area (Å²) in [7, 11) is 0. The molecule has 0 saturated carbocycles. The molecule has 2 N–H and O–H groups in total. The molecule has 4 nitrogen and oxygen atoms in total. The number of nitrogens with zero attached hydrogens (tertiary/aromatic N) is 1. The summed E-state index contributed by atoms with van der Waals surface area (Å²) in [6, 6.07) is 0.629. The SMILES string of the molecule is CC(CNCCCCCC(=O)O)N1CCCCC1. The molecule has 1 aliphatic rings. The zero-order chi connectivity index (χ0) is 13.2. The average Bonchev–Trinajstić information content (AvgIpc) is 2.38. The minimum absolute atomic E-state index is 0.310. The standard InChI is InChI=1S/C14H28N2O2/c1-13(16-10-6-3-7-11-16)12-15-9-5-2-4-8-14(17)18/h13,15H,2-12H2,1H3,(H,17,18). The Morgan fingerprint density at radius 3 is 2.61 bits per heavy atom. The van der Waals surface area contributed by atoms with Gasteiger partial charge in [0.2, 0.25) is 0 Å². The minimum Gasteiger partial charge on any atom is -0.481 e. The van der Waals surface area contributed by atoms with Gasteiger partial charge in [-0.05, 0) is 52.2 Å². The smallest absolute Gasteiger partial charge is 0.303 e. The van der Waals surface area contributed by atoms with Crippen molar-refractivity contribution in [1.29, 1.82) is 0 Å². The van der Waals surface area contributed by atoms with Crippen LogP contribution in [0.1, 0.15) is 51.9 Å². The summed E-state index contributed by atoms with van der Waals surface area (Å²) >= 11 is 0. The summed E-state index contributed by atoms with van der Waals surface area (Å²) in [5.74, 6) is -0.679. The first-order valence-electron chi connectivity index (χ1n) is 7.36. The number of aliphatic carboxylic acids is 1. The summed E-state index contributed by atoms with van der Waals surface area (Å²) in [5, 5.41) is 12.0. The van der Waals surface area contributed by atoms with Gasteiger partial charge in [0, 0.05) is 19.0 Å². The number of unbranched alkanes of at least 4 members (excludes halogenated alkanes) is 2. The van der Waals surface area contributed by atoms with E-state index >= 15 is 0 Å². The summed E-state index contributed by atoms with van der Waals surface area (Å²) < 4.78 is 0. The van der Waals surface area contributed by atoms with Crippen LogP contribution in [-0.4, -0.2) is 48.2 Å². The van der Waals surface area contributed by atoms with Gasteiger partial charge in [-0.1, -0.05) is 12.8 Å². The van der Waals surface area contributed by atoms with Crippen molar-refractivity contribution >= 4 is 5.97 Å². The molecule has 0 aromatic rings. The van der Waals surface area contributed by atoms with Crippen LogP contribution in [0.5, 0.6) is 0 Å². The minimum atomic E-state index is -0.679. The summed E-state index contributed by atoms with van der Waals surface area (Å²) in [6.45, 7) is 6.86. The molecular formula is C14H28N2O2. The number of piperidine rings is 1. The van der Waals surface area contributed by atoms with E-state index in [1.165, 1.54) is 32.4 Å². The Kier molecular flexibility index (Phi) is 8.01. The van der Waals surface area contributed by atoms with Gasteiger partial charge in [-0.3, -0.25) is 9.69 Å². The molecule has 18 heavy (non-hydrogen) atoms. The van der Waals surface area contributed by atoms with Gasteiger partial charge in [0.05, 0.1) is 0 Å². The Hall–Kier alpha value is -0.610. The first-order valence-corrected chi connectivity index (χ1v) is 7.36. The fraction of sp³-hybridized carbons (Fsp3) is 0.929. The maximum atomic E-state index is 10.3. The molecule has 0 aliphatic carbocycles. The predicted octanol–water partition coefficient (Wildman–Crippen LogP) is 2.10. The van der Waals surface area contributed by atoms with Crippen molar-refractivity contribution in [2.45, 2.75) is 57.9 Å². The largest absolute Gasteiger partial charge is 0.481 e. The van der Waals surface area contributed by atoms with Crippen LogP contribution in [0.4, 0.5) is 0 Å².